The van der Waals surface area contributed by atoms with Gasteiger partial charge in [-0.3, -0.25) is 9.48 Å². The summed E-state index contributed by atoms with van der Waals surface area (Å²) in [6, 6.07) is 6.36. The minimum absolute atomic E-state index is 0.125. The van der Waals surface area contributed by atoms with E-state index in [1.807, 2.05) is 10.7 Å². The van der Waals surface area contributed by atoms with Gasteiger partial charge in [0.2, 0.25) is 0 Å². The van der Waals surface area contributed by atoms with Crippen molar-refractivity contribution in [2.45, 2.75) is 56.5 Å². The predicted molar refractivity (Wildman–Crippen MR) is 143 cm³/mol. The fourth-order valence-corrected chi connectivity index (χ4v) is 7.55. The molecular weight excluding hydrogens is 508 g/mol. The largest absolute Gasteiger partial charge is 0.481 e. The van der Waals surface area contributed by atoms with Crippen LogP contribution in [0, 0.1) is 11.6 Å². The minimum Gasteiger partial charge on any atom is -0.481 e. The van der Waals surface area contributed by atoms with Crippen molar-refractivity contribution in [1.29, 1.82) is 0 Å². The topological polar surface area (TPSA) is 85.4 Å². The summed E-state index contributed by atoms with van der Waals surface area (Å²) in [6.45, 7) is 5.07. The Morgan fingerprint density at radius 3 is 2.79 bits per heavy atom. The molecule has 3 aliphatic heterocycles. The van der Waals surface area contributed by atoms with Crippen LogP contribution in [0.4, 0.5) is 8.78 Å². The molecule has 6 rings (SSSR count). The molecule has 10 heteroatoms. The highest BCUT2D eigenvalue weighted by atomic mass is 32.1. The summed E-state index contributed by atoms with van der Waals surface area (Å²) < 4.78 is 36.3. The van der Waals surface area contributed by atoms with Crippen molar-refractivity contribution in [2.75, 3.05) is 32.8 Å². The summed E-state index contributed by atoms with van der Waals surface area (Å²) in [4.78, 5) is 15.7. The van der Waals surface area contributed by atoms with Gasteiger partial charge in [-0.15, -0.1) is 0 Å². The molecule has 0 unspecified atom stereocenters. The van der Waals surface area contributed by atoms with Gasteiger partial charge in [-0.05, 0) is 87.0 Å². The molecule has 2 fully saturated rings. The maximum absolute atomic E-state index is 14.5. The number of benzene rings is 1. The Balaban J connectivity index is 1.37. The second-order valence-electron chi connectivity index (χ2n) is 10.6. The van der Waals surface area contributed by atoms with Crippen LogP contribution in [-0.4, -0.2) is 59.4 Å². The molecule has 2 saturated heterocycles. The third kappa shape index (κ3) is 4.85. The van der Waals surface area contributed by atoms with E-state index in [4.69, 9.17) is 10.5 Å². The average Bonchev–Trinajstić information content (AvgIpc) is 3.65. The summed E-state index contributed by atoms with van der Waals surface area (Å²) >= 11 is 1.27. The molecule has 3 aliphatic rings. The lowest BCUT2D eigenvalue weighted by Gasteiger charge is -2.38. The molecule has 3 atom stereocenters. The van der Waals surface area contributed by atoms with Gasteiger partial charge in [-0.25, -0.2) is 8.78 Å². The number of halogens is 2. The minimum atomic E-state index is -0.860. The fraction of sp³-hybridized carbons (Fsp3) is 0.500. The Hall–Kier alpha value is -2.82. The van der Waals surface area contributed by atoms with Crippen LogP contribution in [0.1, 0.15) is 64.7 Å². The van der Waals surface area contributed by atoms with Crippen molar-refractivity contribution in [3.05, 3.63) is 58.1 Å². The number of nitrogens with two attached hydrogens (primary N) is 1. The van der Waals surface area contributed by atoms with Crippen LogP contribution in [0.5, 0.6) is 5.06 Å². The smallest absolute Gasteiger partial charge is 0.259 e. The van der Waals surface area contributed by atoms with Crippen LogP contribution in [0.2, 0.25) is 0 Å². The number of hydrogen-bond acceptors (Lipinski definition) is 6. The van der Waals surface area contributed by atoms with E-state index in [1.54, 1.807) is 12.3 Å². The van der Waals surface area contributed by atoms with Crippen molar-refractivity contribution in [3.8, 4) is 16.3 Å². The van der Waals surface area contributed by atoms with Gasteiger partial charge in [0.25, 0.3) is 5.91 Å². The van der Waals surface area contributed by atoms with E-state index in [9.17, 15) is 13.6 Å². The molecule has 3 N–H and O–H groups in total. The van der Waals surface area contributed by atoms with E-state index in [2.05, 4.69) is 15.3 Å². The average molecular weight is 542 g/mol. The third-order valence-electron chi connectivity index (χ3n) is 8.26. The molecule has 0 saturated carbocycles. The van der Waals surface area contributed by atoms with E-state index in [0.717, 1.165) is 48.2 Å². The molecule has 2 aromatic heterocycles. The number of amides is 1. The highest BCUT2D eigenvalue weighted by Crippen LogP contribution is 2.51. The van der Waals surface area contributed by atoms with Crippen LogP contribution in [-0.2, 0) is 6.54 Å². The van der Waals surface area contributed by atoms with E-state index in [0.29, 0.717) is 29.6 Å². The number of ether oxygens (including phenoxy) is 1. The van der Waals surface area contributed by atoms with Gasteiger partial charge in [0.05, 0.1) is 22.7 Å². The number of fused-ring (bicyclic) bond motifs is 3. The molecule has 0 spiro atoms. The summed E-state index contributed by atoms with van der Waals surface area (Å²) in [6.07, 6.45) is 7.13. The second-order valence-corrected chi connectivity index (χ2v) is 11.6. The Morgan fingerprint density at radius 2 is 2.00 bits per heavy atom. The monoisotopic (exact) mass is 541 g/mol. The number of carbonyl (C=O) groups excluding carboxylic acids is 1. The molecule has 1 aromatic carbocycles. The number of hydrogen-bond donors (Lipinski definition) is 2. The standard InChI is InChI=1S/C28H33F2N5O2S/c29-21-6-5-17(14-22(21)30)19-15-18(4-3-11-34-9-1-2-10-34)32-16-20(19)24-25-23-7-8-33-35(23)12-13-37-28(25)38-26(24)27(31)36/h5-8,14,18-20,32H,1-4,9-13,15-16H2,(H2,31,36)/t18-,19-,20+/m1/s1. The van der Waals surface area contributed by atoms with Crippen LogP contribution in [0.3, 0.4) is 0 Å². The first-order valence-electron chi connectivity index (χ1n) is 13.5. The number of piperidine rings is 1. The molecule has 202 valence electrons. The quantitative estimate of drug-likeness (QED) is 0.461. The molecule has 0 radical (unpaired) electrons. The van der Waals surface area contributed by atoms with E-state index in [1.165, 1.54) is 49.4 Å². The van der Waals surface area contributed by atoms with Crippen molar-refractivity contribution in [1.82, 2.24) is 20.0 Å². The molecule has 0 bridgehead atoms. The van der Waals surface area contributed by atoms with Gasteiger partial charge in [-0.2, -0.15) is 5.10 Å². The SMILES string of the molecule is NC(=O)c1sc2c(c1[C@H]1CN[C@H](CCCN3CCCC3)C[C@@H]1c1ccc(F)c(F)c1)-c1ccnn1CCO2. The number of primary amides is 1. The third-order valence-corrected chi connectivity index (χ3v) is 9.40. The molecular formula is C28H33F2N5O2S. The lowest BCUT2D eigenvalue weighted by Crippen LogP contribution is -2.42. The first kappa shape index (κ1) is 25.5. The number of likely N-dealkylation sites (tertiary alicyclic amines) is 1. The maximum atomic E-state index is 14.5. The van der Waals surface area contributed by atoms with Crippen LogP contribution in [0.25, 0.3) is 11.3 Å². The zero-order valence-corrected chi connectivity index (χ0v) is 22.1. The zero-order chi connectivity index (χ0) is 26.2. The highest BCUT2D eigenvalue weighted by Gasteiger charge is 2.39. The lowest BCUT2D eigenvalue weighted by atomic mass is 9.73. The van der Waals surface area contributed by atoms with Crippen LogP contribution < -0.4 is 15.8 Å². The zero-order valence-electron chi connectivity index (χ0n) is 21.3. The number of aromatic nitrogens is 2. The first-order valence-corrected chi connectivity index (χ1v) is 14.3. The number of carbonyl (C=O) groups is 1. The highest BCUT2D eigenvalue weighted by molar-refractivity contribution is 7.16. The van der Waals surface area contributed by atoms with Gasteiger partial charge < -0.3 is 20.7 Å². The number of nitrogens with zero attached hydrogens (tertiary/aromatic N) is 3. The Bertz CT molecular complexity index is 1320. The predicted octanol–water partition coefficient (Wildman–Crippen LogP) is 4.49. The van der Waals surface area contributed by atoms with Gasteiger partial charge in [-0.1, -0.05) is 17.4 Å². The summed E-state index contributed by atoms with van der Waals surface area (Å²) in [5, 5.41) is 8.82. The van der Waals surface area contributed by atoms with Crippen molar-refractivity contribution in [3.63, 3.8) is 0 Å². The van der Waals surface area contributed by atoms with Crippen LogP contribution in [0.15, 0.2) is 30.5 Å². The summed E-state index contributed by atoms with van der Waals surface area (Å²) in [5.74, 6) is -2.53. The van der Waals surface area contributed by atoms with Gasteiger partial charge in [0.1, 0.15) is 6.61 Å². The molecule has 38 heavy (non-hydrogen) atoms. The van der Waals surface area contributed by atoms with Crippen molar-refractivity contribution in [2.24, 2.45) is 5.73 Å². The Labute approximate surface area is 225 Å². The Kier molecular flexibility index (Phi) is 7.20. The normalized spacial score (nSPS) is 23.5. The second kappa shape index (κ2) is 10.7. The number of thiophene rings is 1. The summed E-state index contributed by atoms with van der Waals surface area (Å²) in [7, 11) is 0. The maximum Gasteiger partial charge on any atom is 0.259 e. The van der Waals surface area contributed by atoms with Crippen LogP contribution >= 0.6 is 11.3 Å². The fourth-order valence-electron chi connectivity index (χ4n) is 6.44. The molecule has 7 nitrogen and oxygen atoms in total. The molecule has 3 aromatic rings. The van der Waals surface area contributed by atoms with Gasteiger partial charge in [0.15, 0.2) is 16.7 Å². The number of rotatable bonds is 7. The van der Waals surface area contributed by atoms with E-state index in [-0.39, 0.29) is 17.9 Å². The van der Waals surface area contributed by atoms with Crippen molar-refractivity contribution < 1.29 is 18.3 Å². The van der Waals surface area contributed by atoms with Gasteiger partial charge in [0, 0.05) is 24.7 Å². The molecule has 0 aliphatic carbocycles. The number of nitrogens with one attached hydrogen (secondary N) is 1. The first-order chi connectivity index (χ1) is 18.5. The van der Waals surface area contributed by atoms with E-state index < -0.39 is 17.5 Å². The molecule has 1 amide bonds. The lowest BCUT2D eigenvalue weighted by molar-refractivity contribution is 0.100. The van der Waals surface area contributed by atoms with Crippen molar-refractivity contribution >= 4 is 17.2 Å². The Morgan fingerprint density at radius 1 is 1.16 bits per heavy atom. The van der Waals surface area contributed by atoms with Gasteiger partial charge >= 0.3 is 0 Å². The van der Waals surface area contributed by atoms with E-state index >= 15 is 0 Å². The summed E-state index contributed by atoms with van der Waals surface area (Å²) in [5.41, 5.74) is 9.18. The molecule has 5 heterocycles.